The molecular weight excluding hydrogens is 603 g/mol. The van der Waals surface area contributed by atoms with E-state index in [4.69, 9.17) is 32.7 Å². The van der Waals surface area contributed by atoms with Crippen LogP contribution in [-0.2, 0) is 22.5 Å². The number of nitrogens with zero attached hydrogens (tertiary/aromatic N) is 3. The first-order valence-corrected chi connectivity index (χ1v) is 15.2. The van der Waals surface area contributed by atoms with Gasteiger partial charge >= 0.3 is 5.97 Å². The third-order valence-corrected chi connectivity index (χ3v) is 8.32. The largest absolute Gasteiger partial charge is 0.492 e. The van der Waals surface area contributed by atoms with Gasteiger partial charge in [0.25, 0.3) is 0 Å². The second-order valence-electron chi connectivity index (χ2n) is 8.87. The number of methoxy groups -OCH3 is 1. The molecule has 1 amide bonds. The molecule has 4 rings (SSSR count). The van der Waals surface area contributed by atoms with Crippen molar-refractivity contribution in [2.24, 2.45) is 0 Å². The fourth-order valence-electron chi connectivity index (χ4n) is 3.92. The maximum Gasteiger partial charge on any atom is 0.341 e. The average molecular weight is 632 g/mol. The van der Waals surface area contributed by atoms with Crippen molar-refractivity contribution in [3.05, 3.63) is 87.5 Å². The molecule has 4 aromatic rings. The number of allylic oxidation sites excluding steroid dienone is 1. The molecule has 1 N–H and O–H groups in total. The molecule has 0 unspecified atom stereocenters. The molecule has 2 heterocycles. The molecule has 214 valence electrons. The van der Waals surface area contributed by atoms with Crippen molar-refractivity contribution in [3.8, 4) is 16.9 Å². The van der Waals surface area contributed by atoms with Crippen LogP contribution in [0.5, 0.6) is 5.75 Å². The number of aromatic nitrogens is 3. The molecule has 12 heteroatoms. The fraction of sp³-hybridized carbons (Fsp3) is 0.241. The zero-order valence-electron chi connectivity index (χ0n) is 22.5. The zero-order chi connectivity index (χ0) is 29.4. The normalized spacial score (nSPS) is 10.8. The average Bonchev–Trinajstić information content (AvgIpc) is 3.55. The van der Waals surface area contributed by atoms with Crippen LogP contribution in [0.4, 0.5) is 5.00 Å². The number of anilines is 1. The summed E-state index contributed by atoms with van der Waals surface area (Å²) in [6.07, 6.45) is 3.04. The van der Waals surface area contributed by atoms with E-state index in [2.05, 4.69) is 22.1 Å². The van der Waals surface area contributed by atoms with Crippen LogP contribution in [-0.4, -0.2) is 46.1 Å². The topological polar surface area (TPSA) is 95.3 Å². The summed E-state index contributed by atoms with van der Waals surface area (Å²) < 4.78 is 12.7. The number of amides is 1. The van der Waals surface area contributed by atoms with Crippen LogP contribution in [0.15, 0.2) is 65.7 Å². The van der Waals surface area contributed by atoms with Crippen LogP contribution < -0.4 is 10.1 Å². The quantitative estimate of drug-likeness (QED) is 0.0714. The first-order chi connectivity index (χ1) is 19.8. The highest BCUT2D eigenvalue weighted by Gasteiger charge is 2.23. The molecule has 41 heavy (non-hydrogen) atoms. The molecule has 2 aromatic heterocycles. The van der Waals surface area contributed by atoms with Gasteiger partial charge in [-0.2, -0.15) is 0 Å². The molecular formula is C29H28Cl2N4O4S2. The Morgan fingerprint density at radius 2 is 1.95 bits per heavy atom. The number of rotatable bonds is 13. The molecule has 0 radical (unpaired) electrons. The summed E-state index contributed by atoms with van der Waals surface area (Å²) in [7, 11) is 1.32. The number of thioether (sulfide) groups is 1. The summed E-state index contributed by atoms with van der Waals surface area (Å²) in [5, 5.41) is 15.3. The number of halogens is 2. The highest BCUT2D eigenvalue weighted by atomic mass is 35.5. The molecule has 2 aromatic carbocycles. The number of carbonyl (C=O) groups excluding carboxylic acids is 2. The molecule has 0 bridgehead atoms. The highest BCUT2D eigenvalue weighted by molar-refractivity contribution is 7.99. The molecule has 0 saturated carbocycles. The van der Waals surface area contributed by atoms with Crippen molar-refractivity contribution in [2.75, 3.05) is 24.8 Å². The first kappa shape index (κ1) is 30.6. The first-order valence-electron chi connectivity index (χ1n) is 12.6. The van der Waals surface area contributed by atoms with Gasteiger partial charge < -0.3 is 19.4 Å². The summed E-state index contributed by atoms with van der Waals surface area (Å²) in [4.78, 5) is 25.6. The van der Waals surface area contributed by atoms with Crippen LogP contribution in [0.25, 0.3) is 11.1 Å². The number of hydrogen-bond donors (Lipinski definition) is 1. The van der Waals surface area contributed by atoms with Gasteiger partial charge in [-0.15, -0.1) is 28.1 Å². The van der Waals surface area contributed by atoms with Crippen molar-refractivity contribution in [3.63, 3.8) is 0 Å². The van der Waals surface area contributed by atoms with Gasteiger partial charge in [0.15, 0.2) is 5.16 Å². The summed E-state index contributed by atoms with van der Waals surface area (Å²) in [5.41, 5.74) is 3.02. The Balaban J connectivity index is 1.37. The minimum Gasteiger partial charge on any atom is -0.492 e. The van der Waals surface area contributed by atoms with Gasteiger partial charge in [0.1, 0.15) is 22.1 Å². The number of nitrogens with one attached hydrogen (secondary N) is 1. The monoisotopic (exact) mass is 630 g/mol. The second-order valence-corrected chi connectivity index (χ2v) is 11.5. The van der Waals surface area contributed by atoms with Crippen LogP contribution in [0.1, 0.15) is 28.2 Å². The Labute approximate surface area is 256 Å². The van der Waals surface area contributed by atoms with Crippen molar-refractivity contribution < 1.29 is 19.1 Å². The van der Waals surface area contributed by atoms with Gasteiger partial charge in [0, 0.05) is 28.9 Å². The van der Waals surface area contributed by atoms with E-state index in [0.717, 1.165) is 17.0 Å². The number of carbonyl (C=O) groups is 2. The summed E-state index contributed by atoms with van der Waals surface area (Å²) in [6, 6.07) is 12.9. The van der Waals surface area contributed by atoms with Gasteiger partial charge in [-0.1, -0.05) is 70.9 Å². The molecule has 8 nitrogen and oxygen atoms in total. The Kier molecular flexibility index (Phi) is 10.9. The predicted octanol–water partition coefficient (Wildman–Crippen LogP) is 7.34. The fourth-order valence-corrected chi connectivity index (χ4v) is 6.12. The lowest BCUT2D eigenvalue weighted by Gasteiger charge is -2.10. The Morgan fingerprint density at radius 1 is 1.17 bits per heavy atom. The molecule has 0 saturated heterocycles. The van der Waals surface area contributed by atoms with Crippen molar-refractivity contribution >= 4 is 63.2 Å². The number of hydrogen-bond acceptors (Lipinski definition) is 8. The number of ether oxygens (including phenoxy) is 2. The maximum absolute atomic E-state index is 12.9. The van der Waals surface area contributed by atoms with Crippen LogP contribution in [0.3, 0.4) is 0 Å². The van der Waals surface area contributed by atoms with E-state index < -0.39 is 5.97 Å². The SMILES string of the molecule is C=CCn1c(CCCOc2ccc(Cl)cc2Cl)nnc1SCC(=O)Nc1scc(-c2ccc(C)cc2)c1C(=O)OC. The zero-order valence-corrected chi connectivity index (χ0v) is 25.6. The molecule has 0 spiro atoms. The highest BCUT2D eigenvalue weighted by Crippen LogP contribution is 2.36. The number of aryl methyl sites for hydroxylation is 2. The molecule has 0 aliphatic carbocycles. The number of esters is 1. The summed E-state index contributed by atoms with van der Waals surface area (Å²) in [6.45, 7) is 6.75. The van der Waals surface area contributed by atoms with E-state index >= 15 is 0 Å². The predicted molar refractivity (Wildman–Crippen MR) is 166 cm³/mol. The molecule has 0 fully saturated rings. The van der Waals surface area contributed by atoms with Gasteiger partial charge in [-0.3, -0.25) is 4.79 Å². The van der Waals surface area contributed by atoms with E-state index in [1.165, 1.54) is 30.2 Å². The maximum atomic E-state index is 12.9. The van der Waals surface area contributed by atoms with Crippen LogP contribution in [0.2, 0.25) is 10.0 Å². The third kappa shape index (κ3) is 7.91. The van der Waals surface area contributed by atoms with E-state index in [-0.39, 0.29) is 11.7 Å². The van der Waals surface area contributed by atoms with Gasteiger partial charge in [-0.25, -0.2) is 4.79 Å². The Morgan fingerprint density at radius 3 is 2.66 bits per heavy atom. The second kappa shape index (κ2) is 14.5. The third-order valence-electron chi connectivity index (χ3n) is 5.93. The lowest BCUT2D eigenvalue weighted by Crippen LogP contribution is -2.16. The molecule has 0 aliphatic rings. The van der Waals surface area contributed by atoms with Gasteiger partial charge in [0.05, 0.1) is 24.5 Å². The summed E-state index contributed by atoms with van der Waals surface area (Å²) >= 11 is 14.6. The smallest absolute Gasteiger partial charge is 0.341 e. The minimum atomic E-state index is -0.512. The van der Waals surface area contributed by atoms with E-state index in [9.17, 15) is 9.59 Å². The van der Waals surface area contributed by atoms with Crippen LogP contribution >= 0.6 is 46.3 Å². The molecule has 0 aliphatic heterocycles. The Hall–Kier alpha value is -3.31. The van der Waals surface area contributed by atoms with E-state index in [1.807, 2.05) is 41.1 Å². The van der Waals surface area contributed by atoms with E-state index in [0.29, 0.717) is 63.1 Å². The van der Waals surface area contributed by atoms with Crippen molar-refractivity contribution in [1.82, 2.24) is 14.8 Å². The van der Waals surface area contributed by atoms with Crippen molar-refractivity contribution in [2.45, 2.75) is 31.5 Å². The lowest BCUT2D eigenvalue weighted by atomic mass is 10.0. The number of benzene rings is 2. The summed E-state index contributed by atoms with van der Waals surface area (Å²) in [5.74, 6) is 0.611. The Bertz CT molecular complexity index is 1540. The van der Waals surface area contributed by atoms with Crippen LogP contribution in [0, 0.1) is 6.92 Å². The number of thiophene rings is 1. The lowest BCUT2D eigenvalue weighted by molar-refractivity contribution is -0.113. The van der Waals surface area contributed by atoms with Crippen molar-refractivity contribution in [1.29, 1.82) is 0 Å². The standard InChI is InChI=1S/C29H28Cl2N4O4S2/c1-4-13-35-24(6-5-14-39-23-12-11-20(30)15-22(23)31)33-34-29(35)41-17-25(36)32-27-26(28(37)38-3)21(16-40-27)19-9-7-18(2)8-10-19/h4,7-12,15-16H,1,5-6,13-14,17H2,2-3H3,(H,32,36). The molecule has 0 atom stereocenters. The minimum absolute atomic E-state index is 0.0752. The van der Waals surface area contributed by atoms with Gasteiger partial charge in [0.2, 0.25) is 5.91 Å². The van der Waals surface area contributed by atoms with Gasteiger partial charge in [-0.05, 0) is 37.1 Å². The van der Waals surface area contributed by atoms with E-state index in [1.54, 1.807) is 24.3 Å².